The van der Waals surface area contributed by atoms with E-state index >= 15 is 0 Å². The lowest BCUT2D eigenvalue weighted by Crippen LogP contribution is -2.40. The first-order chi connectivity index (χ1) is 11.4. The van der Waals surface area contributed by atoms with Gasteiger partial charge in [-0.15, -0.1) is 0 Å². The summed E-state index contributed by atoms with van der Waals surface area (Å²) >= 11 is 5.84. The van der Waals surface area contributed by atoms with Crippen molar-refractivity contribution in [1.82, 2.24) is 9.80 Å². The largest absolute Gasteiger partial charge is 0.478 e. The molecule has 24 heavy (non-hydrogen) atoms. The lowest BCUT2D eigenvalue weighted by Gasteiger charge is -2.25. The number of carbonyl (C=O) groups excluding carboxylic acids is 1. The van der Waals surface area contributed by atoms with Crippen LogP contribution in [0.5, 0.6) is 0 Å². The number of carboxylic acids is 1. The summed E-state index contributed by atoms with van der Waals surface area (Å²) in [6, 6.07) is 5.66. The lowest BCUT2D eigenvalue weighted by molar-refractivity contribution is -0.117. The molecule has 130 valence electrons. The van der Waals surface area contributed by atoms with Crippen molar-refractivity contribution in [3.63, 3.8) is 0 Å². The number of nitrogens with zero attached hydrogens (tertiary/aromatic N) is 2. The van der Waals surface area contributed by atoms with Gasteiger partial charge in [0.05, 0.1) is 17.1 Å². The fourth-order valence-corrected chi connectivity index (χ4v) is 3.89. The Morgan fingerprint density at radius 2 is 2.04 bits per heavy atom. The first kappa shape index (κ1) is 17.2. The van der Waals surface area contributed by atoms with Gasteiger partial charge < -0.3 is 10.4 Å². The molecule has 0 saturated carbocycles. The maximum Gasteiger partial charge on any atom is 0.337 e. The molecule has 1 amide bonds. The molecule has 0 unspecified atom stereocenters. The van der Waals surface area contributed by atoms with E-state index < -0.39 is 5.97 Å². The number of likely N-dealkylation sites (tertiary alicyclic amines) is 1. The van der Waals surface area contributed by atoms with Crippen LogP contribution >= 0.6 is 11.6 Å². The highest BCUT2D eigenvalue weighted by atomic mass is 35.5. The van der Waals surface area contributed by atoms with Gasteiger partial charge in [-0.05, 0) is 44.5 Å². The number of anilines is 1. The second-order valence-corrected chi connectivity index (χ2v) is 7.03. The third-order valence-electron chi connectivity index (χ3n) is 5.08. The van der Waals surface area contributed by atoms with E-state index in [-0.39, 0.29) is 16.5 Å². The SMILES string of the molecule is CN1[C@H]2CC[C@@H]1CN(CC(=O)Nc1ccc(Cl)c(C(=O)O)c1)CC2. The van der Waals surface area contributed by atoms with Gasteiger partial charge in [0.2, 0.25) is 5.91 Å². The predicted molar refractivity (Wildman–Crippen MR) is 92.7 cm³/mol. The Morgan fingerprint density at radius 1 is 1.29 bits per heavy atom. The van der Waals surface area contributed by atoms with Crippen LogP contribution in [0, 0.1) is 0 Å². The van der Waals surface area contributed by atoms with E-state index in [2.05, 4.69) is 22.2 Å². The van der Waals surface area contributed by atoms with E-state index in [9.17, 15) is 9.59 Å². The number of aromatic carboxylic acids is 1. The summed E-state index contributed by atoms with van der Waals surface area (Å²) in [4.78, 5) is 28.0. The second kappa shape index (κ2) is 7.09. The van der Waals surface area contributed by atoms with Crippen LogP contribution in [0.4, 0.5) is 5.69 Å². The number of rotatable bonds is 4. The van der Waals surface area contributed by atoms with Gasteiger partial charge in [0, 0.05) is 30.9 Å². The molecule has 2 bridgehead atoms. The van der Waals surface area contributed by atoms with Crippen LogP contribution in [0.3, 0.4) is 0 Å². The fourth-order valence-electron chi connectivity index (χ4n) is 3.69. The summed E-state index contributed by atoms with van der Waals surface area (Å²) in [5.74, 6) is -1.24. The van der Waals surface area contributed by atoms with Crippen LogP contribution in [0.2, 0.25) is 5.02 Å². The first-order valence-corrected chi connectivity index (χ1v) is 8.59. The molecule has 2 aliphatic rings. The summed E-state index contributed by atoms with van der Waals surface area (Å²) in [5, 5.41) is 12.0. The molecule has 2 atom stereocenters. The number of carboxylic acid groups (broad SMARTS) is 1. The quantitative estimate of drug-likeness (QED) is 0.869. The molecule has 3 rings (SSSR count). The van der Waals surface area contributed by atoms with Crippen molar-refractivity contribution in [1.29, 1.82) is 0 Å². The number of likely N-dealkylation sites (N-methyl/N-ethyl adjacent to an activating group) is 1. The number of hydrogen-bond donors (Lipinski definition) is 2. The second-order valence-electron chi connectivity index (χ2n) is 6.62. The van der Waals surface area contributed by atoms with Gasteiger partial charge in [-0.25, -0.2) is 4.79 Å². The molecular formula is C17H22ClN3O3. The Morgan fingerprint density at radius 3 is 2.79 bits per heavy atom. The topological polar surface area (TPSA) is 72.9 Å². The van der Waals surface area contributed by atoms with Gasteiger partial charge in [0.15, 0.2) is 0 Å². The molecule has 2 fully saturated rings. The van der Waals surface area contributed by atoms with E-state index in [0.717, 1.165) is 19.5 Å². The van der Waals surface area contributed by atoms with Gasteiger partial charge in [0.25, 0.3) is 0 Å². The number of benzene rings is 1. The van der Waals surface area contributed by atoms with E-state index in [1.54, 1.807) is 6.07 Å². The Bertz CT molecular complexity index is 652. The molecule has 1 aromatic carbocycles. The Hall–Kier alpha value is -1.63. The van der Waals surface area contributed by atoms with Gasteiger partial charge in [0.1, 0.15) is 0 Å². The van der Waals surface area contributed by atoms with E-state index in [1.807, 2.05) is 0 Å². The van der Waals surface area contributed by atoms with Gasteiger partial charge in [-0.3, -0.25) is 14.6 Å². The van der Waals surface area contributed by atoms with Gasteiger partial charge >= 0.3 is 5.97 Å². The third-order valence-corrected chi connectivity index (χ3v) is 5.41. The zero-order valence-electron chi connectivity index (χ0n) is 13.7. The minimum Gasteiger partial charge on any atom is -0.478 e. The van der Waals surface area contributed by atoms with Crippen LogP contribution in [0.25, 0.3) is 0 Å². The monoisotopic (exact) mass is 351 g/mol. The summed E-state index contributed by atoms with van der Waals surface area (Å²) in [6.45, 7) is 2.14. The summed E-state index contributed by atoms with van der Waals surface area (Å²) in [7, 11) is 2.17. The molecule has 0 radical (unpaired) electrons. The van der Waals surface area contributed by atoms with Crippen LogP contribution < -0.4 is 5.32 Å². The molecule has 6 nitrogen and oxygen atoms in total. The average Bonchev–Trinajstić information content (AvgIpc) is 2.77. The molecule has 0 aromatic heterocycles. The standard InChI is InChI=1S/C17H22ClN3O3/c1-20-12-3-4-13(20)9-21(7-6-12)10-16(22)19-11-2-5-15(18)14(8-11)17(23)24/h2,5,8,12-13H,3-4,6-7,9-10H2,1H3,(H,19,22)(H,23,24)/t12-,13+/m0/s1. The Balaban J connectivity index is 1.60. The minimum atomic E-state index is -1.11. The third kappa shape index (κ3) is 3.71. The molecule has 7 heteroatoms. The Labute approximate surface area is 146 Å². The maximum absolute atomic E-state index is 12.3. The van der Waals surface area contributed by atoms with Crippen molar-refractivity contribution < 1.29 is 14.7 Å². The Kier molecular flexibility index (Phi) is 5.08. The highest BCUT2D eigenvalue weighted by molar-refractivity contribution is 6.33. The highest BCUT2D eigenvalue weighted by Crippen LogP contribution is 2.28. The molecule has 2 aliphatic heterocycles. The van der Waals surface area contributed by atoms with E-state index in [1.165, 1.54) is 25.0 Å². The molecule has 1 aromatic rings. The minimum absolute atomic E-state index is 0.0110. The highest BCUT2D eigenvalue weighted by Gasteiger charge is 2.34. The molecular weight excluding hydrogens is 330 g/mol. The summed E-state index contributed by atoms with van der Waals surface area (Å²) in [5.41, 5.74) is 0.443. The lowest BCUT2D eigenvalue weighted by atomic mass is 10.1. The number of halogens is 1. The number of hydrogen-bond acceptors (Lipinski definition) is 4. The predicted octanol–water partition coefficient (Wildman–Crippen LogP) is 2.15. The van der Waals surface area contributed by atoms with Crippen molar-refractivity contribution in [3.05, 3.63) is 28.8 Å². The van der Waals surface area contributed by atoms with E-state index in [0.29, 0.717) is 24.3 Å². The average molecular weight is 352 g/mol. The van der Waals surface area contributed by atoms with Crippen molar-refractivity contribution in [2.75, 3.05) is 32.0 Å². The zero-order chi connectivity index (χ0) is 17.3. The van der Waals surface area contributed by atoms with Crippen LogP contribution in [-0.4, -0.2) is 65.5 Å². The van der Waals surface area contributed by atoms with Crippen LogP contribution in [0.15, 0.2) is 18.2 Å². The van der Waals surface area contributed by atoms with Gasteiger partial charge in [-0.2, -0.15) is 0 Å². The molecule has 2 N–H and O–H groups in total. The number of amides is 1. The first-order valence-electron chi connectivity index (χ1n) is 8.21. The van der Waals surface area contributed by atoms with Crippen LogP contribution in [-0.2, 0) is 4.79 Å². The molecule has 2 saturated heterocycles. The van der Waals surface area contributed by atoms with E-state index in [4.69, 9.17) is 16.7 Å². The summed E-state index contributed by atoms with van der Waals surface area (Å²) < 4.78 is 0. The molecule has 0 spiro atoms. The van der Waals surface area contributed by atoms with Crippen molar-refractivity contribution >= 4 is 29.2 Å². The normalized spacial score (nSPS) is 24.6. The zero-order valence-corrected chi connectivity index (χ0v) is 14.4. The molecule has 2 heterocycles. The number of carbonyl (C=O) groups is 2. The van der Waals surface area contributed by atoms with Gasteiger partial charge in [-0.1, -0.05) is 11.6 Å². The van der Waals surface area contributed by atoms with Crippen molar-refractivity contribution in [2.45, 2.75) is 31.3 Å². The van der Waals surface area contributed by atoms with Crippen molar-refractivity contribution in [3.8, 4) is 0 Å². The number of fused-ring (bicyclic) bond motifs is 2. The molecule has 0 aliphatic carbocycles. The smallest absolute Gasteiger partial charge is 0.337 e. The van der Waals surface area contributed by atoms with Crippen molar-refractivity contribution in [2.24, 2.45) is 0 Å². The van der Waals surface area contributed by atoms with Crippen LogP contribution in [0.1, 0.15) is 29.6 Å². The number of nitrogens with one attached hydrogen (secondary N) is 1. The fraction of sp³-hybridized carbons (Fsp3) is 0.529. The summed E-state index contributed by atoms with van der Waals surface area (Å²) in [6.07, 6.45) is 3.53. The maximum atomic E-state index is 12.3.